The largest absolute Gasteiger partial charge is 0.478 e. The van der Waals surface area contributed by atoms with E-state index in [-0.39, 0.29) is 17.2 Å². The number of ether oxygens (including phenoxy) is 1. The molecule has 1 aromatic carbocycles. The highest BCUT2D eigenvalue weighted by Crippen LogP contribution is 2.32. The third-order valence-corrected chi connectivity index (χ3v) is 4.01. The van der Waals surface area contributed by atoms with Crippen molar-refractivity contribution in [3.63, 3.8) is 0 Å². The topological polar surface area (TPSA) is 58.6 Å². The fourth-order valence-corrected chi connectivity index (χ4v) is 2.47. The van der Waals surface area contributed by atoms with E-state index in [1.807, 2.05) is 6.92 Å². The summed E-state index contributed by atoms with van der Waals surface area (Å²) in [5, 5.41) is 12.5. The molecule has 0 aliphatic carbocycles. The van der Waals surface area contributed by atoms with Crippen LogP contribution in [0.5, 0.6) is 0 Å². The number of anilines is 1. The summed E-state index contributed by atoms with van der Waals surface area (Å²) in [6.07, 6.45) is 0.915. The first kappa shape index (κ1) is 13.4. The molecule has 1 aliphatic rings. The predicted octanol–water partition coefficient (Wildman–Crippen LogP) is 3.13. The molecule has 1 aliphatic heterocycles. The van der Waals surface area contributed by atoms with Crippen molar-refractivity contribution in [2.24, 2.45) is 0 Å². The Morgan fingerprint density at radius 2 is 2.33 bits per heavy atom. The van der Waals surface area contributed by atoms with Crippen LogP contribution in [0.4, 0.5) is 5.69 Å². The normalized spacial score (nSPS) is 27.2. The van der Waals surface area contributed by atoms with Crippen LogP contribution in [0, 0.1) is 0 Å². The van der Waals surface area contributed by atoms with Crippen molar-refractivity contribution in [3.05, 3.63) is 28.2 Å². The standard InChI is InChI=1S/C13H16BrNO3/c1-8-13(2,5-6-18-8)15-11-7-9(14)3-4-10(11)12(16)17/h3-4,7-8,15H,5-6H2,1-2H3,(H,16,17). The van der Waals surface area contributed by atoms with Gasteiger partial charge in [0.25, 0.3) is 0 Å². The van der Waals surface area contributed by atoms with Gasteiger partial charge in [-0.05, 0) is 38.5 Å². The number of aromatic carboxylic acids is 1. The number of benzene rings is 1. The van der Waals surface area contributed by atoms with Crippen LogP contribution in [-0.2, 0) is 4.74 Å². The molecule has 0 saturated carbocycles. The average molecular weight is 314 g/mol. The van der Waals surface area contributed by atoms with Gasteiger partial charge in [-0.25, -0.2) is 4.79 Å². The van der Waals surface area contributed by atoms with Gasteiger partial charge in [-0.3, -0.25) is 0 Å². The molecule has 0 bridgehead atoms. The Morgan fingerprint density at radius 3 is 2.89 bits per heavy atom. The lowest BCUT2D eigenvalue weighted by Gasteiger charge is -2.30. The summed E-state index contributed by atoms with van der Waals surface area (Å²) in [7, 11) is 0. The summed E-state index contributed by atoms with van der Waals surface area (Å²) in [6, 6.07) is 5.11. The van der Waals surface area contributed by atoms with Crippen LogP contribution in [0.15, 0.2) is 22.7 Å². The summed E-state index contributed by atoms with van der Waals surface area (Å²) < 4.78 is 6.40. The van der Waals surface area contributed by atoms with Crippen molar-refractivity contribution in [2.45, 2.75) is 31.9 Å². The van der Waals surface area contributed by atoms with Gasteiger partial charge >= 0.3 is 5.97 Å². The molecule has 5 heteroatoms. The molecule has 0 aromatic heterocycles. The summed E-state index contributed by atoms with van der Waals surface area (Å²) in [5.74, 6) is -0.930. The van der Waals surface area contributed by atoms with Gasteiger partial charge in [0, 0.05) is 11.1 Å². The molecule has 4 nitrogen and oxygen atoms in total. The van der Waals surface area contributed by atoms with Crippen molar-refractivity contribution < 1.29 is 14.6 Å². The van der Waals surface area contributed by atoms with Crippen molar-refractivity contribution >= 4 is 27.6 Å². The minimum Gasteiger partial charge on any atom is -0.478 e. The number of hydrogen-bond acceptors (Lipinski definition) is 3. The molecule has 0 amide bonds. The molecule has 0 radical (unpaired) electrons. The van der Waals surface area contributed by atoms with Crippen molar-refractivity contribution in [3.8, 4) is 0 Å². The molecule has 1 aromatic rings. The summed E-state index contributed by atoms with van der Waals surface area (Å²) in [5.41, 5.74) is 0.667. The lowest BCUT2D eigenvalue weighted by atomic mass is 9.93. The van der Waals surface area contributed by atoms with Gasteiger partial charge in [-0.1, -0.05) is 15.9 Å². The van der Waals surface area contributed by atoms with E-state index in [9.17, 15) is 9.90 Å². The van der Waals surface area contributed by atoms with Gasteiger partial charge in [0.1, 0.15) is 0 Å². The quantitative estimate of drug-likeness (QED) is 0.900. The van der Waals surface area contributed by atoms with E-state index in [0.29, 0.717) is 12.3 Å². The van der Waals surface area contributed by atoms with Crippen LogP contribution in [0.3, 0.4) is 0 Å². The smallest absolute Gasteiger partial charge is 0.337 e. The maximum Gasteiger partial charge on any atom is 0.337 e. The van der Waals surface area contributed by atoms with E-state index in [1.54, 1.807) is 18.2 Å². The third-order valence-electron chi connectivity index (χ3n) is 3.52. The van der Waals surface area contributed by atoms with Gasteiger partial charge < -0.3 is 15.2 Å². The zero-order valence-corrected chi connectivity index (χ0v) is 12.0. The van der Waals surface area contributed by atoms with Crippen LogP contribution in [0.25, 0.3) is 0 Å². The molecular weight excluding hydrogens is 298 g/mol. The number of hydrogen-bond donors (Lipinski definition) is 2. The zero-order valence-electron chi connectivity index (χ0n) is 10.4. The number of carboxylic acids is 1. The highest BCUT2D eigenvalue weighted by Gasteiger charge is 2.37. The van der Waals surface area contributed by atoms with Gasteiger partial charge in [0.05, 0.1) is 22.9 Å². The Kier molecular flexibility index (Phi) is 3.64. The highest BCUT2D eigenvalue weighted by molar-refractivity contribution is 9.10. The monoisotopic (exact) mass is 313 g/mol. The summed E-state index contributed by atoms with van der Waals surface area (Å²) >= 11 is 3.36. The summed E-state index contributed by atoms with van der Waals surface area (Å²) in [6.45, 7) is 4.75. The molecule has 98 valence electrons. The maximum atomic E-state index is 11.2. The lowest BCUT2D eigenvalue weighted by Crippen LogP contribution is -2.41. The van der Waals surface area contributed by atoms with Crippen molar-refractivity contribution in [1.82, 2.24) is 0 Å². The average Bonchev–Trinajstić information content (AvgIpc) is 2.58. The number of carbonyl (C=O) groups is 1. The Labute approximate surface area is 114 Å². The van der Waals surface area contributed by atoms with E-state index < -0.39 is 5.97 Å². The number of nitrogens with one attached hydrogen (secondary N) is 1. The van der Waals surface area contributed by atoms with E-state index in [1.165, 1.54) is 0 Å². The zero-order chi connectivity index (χ0) is 13.3. The second-order valence-corrected chi connectivity index (χ2v) is 5.72. The Bertz CT molecular complexity index is 477. The second kappa shape index (κ2) is 4.90. The molecule has 2 N–H and O–H groups in total. The van der Waals surface area contributed by atoms with Crippen molar-refractivity contribution in [2.75, 3.05) is 11.9 Å². The highest BCUT2D eigenvalue weighted by atomic mass is 79.9. The van der Waals surface area contributed by atoms with Gasteiger partial charge in [-0.15, -0.1) is 0 Å². The van der Waals surface area contributed by atoms with Crippen LogP contribution in [0.2, 0.25) is 0 Å². The van der Waals surface area contributed by atoms with E-state index >= 15 is 0 Å². The molecular formula is C13H16BrNO3. The predicted molar refractivity (Wildman–Crippen MR) is 73.2 cm³/mol. The van der Waals surface area contributed by atoms with Crippen molar-refractivity contribution in [1.29, 1.82) is 0 Å². The molecule has 1 saturated heterocycles. The minimum atomic E-state index is -0.930. The third kappa shape index (κ3) is 2.52. The van der Waals surface area contributed by atoms with Crippen LogP contribution in [0.1, 0.15) is 30.6 Å². The SMILES string of the molecule is CC1OCCC1(C)Nc1cc(Br)ccc1C(=O)O. The van der Waals surface area contributed by atoms with Gasteiger partial charge in [-0.2, -0.15) is 0 Å². The molecule has 1 heterocycles. The maximum absolute atomic E-state index is 11.2. The number of rotatable bonds is 3. The summed E-state index contributed by atoms with van der Waals surface area (Å²) in [4.78, 5) is 11.2. The van der Waals surface area contributed by atoms with Gasteiger partial charge in [0.15, 0.2) is 0 Å². The number of carboxylic acid groups (broad SMARTS) is 1. The molecule has 2 atom stereocenters. The van der Waals surface area contributed by atoms with E-state index in [2.05, 4.69) is 28.2 Å². The van der Waals surface area contributed by atoms with Crippen LogP contribution < -0.4 is 5.32 Å². The molecule has 18 heavy (non-hydrogen) atoms. The Balaban J connectivity index is 2.33. The first-order chi connectivity index (χ1) is 8.42. The molecule has 2 rings (SSSR count). The minimum absolute atomic E-state index is 0.0538. The lowest BCUT2D eigenvalue weighted by molar-refractivity contribution is 0.0697. The van der Waals surface area contributed by atoms with Crippen LogP contribution >= 0.6 is 15.9 Å². The fraction of sp³-hybridized carbons (Fsp3) is 0.462. The molecule has 0 spiro atoms. The van der Waals surface area contributed by atoms with E-state index in [4.69, 9.17) is 4.74 Å². The Morgan fingerprint density at radius 1 is 1.61 bits per heavy atom. The first-order valence-electron chi connectivity index (χ1n) is 5.85. The Hall–Kier alpha value is -1.07. The first-order valence-corrected chi connectivity index (χ1v) is 6.64. The van der Waals surface area contributed by atoms with E-state index in [0.717, 1.165) is 10.9 Å². The molecule has 1 fully saturated rings. The number of halogens is 1. The second-order valence-electron chi connectivity index (χ2n) is 4.80. The van der Waals surface area contributed by atoms with Gasteiger partial charge in [0.2, 0.25) is 0 Å². The fourth-order valence-electron chi connectivity index (χ4n) is 2.11. The van der Waals surface area contributed by atoms with Crippen LogP contribution in [-0.4, -0.2) is 29.3 Å². The molecule has 2 unspecified atom stereocenters.